The van der Waals surface area contributed by atoms with E-state index in [9.17, 15) is 9.59 Å². The lowest BCUT2D eigenvalue weighted by Gasteiger charge is -2.08. The Morgan fingerprint density at radius 3 is 2.60 bits per heavy atom. The van der Waals surface area contributed by atoms with E-state index in [0.717, 1.165) is 5.56 Å². The molecule has 0 spiro atoms. The van der Waals surface area contributed by atoms with Gasteiger partial charge < -0.3 is 15.8 Å². The average molecular weight is 340 g/mol. The largest absolute Gasteiger partial charge is 0.461 e. The van der Waals surface area contributed by atoms with Gasteiger partial charge in [0, 0.05) is 5.69 Å². The summed E-state index contributed by atoms with van der Waals surface area (Å²) in [6.07, 6.45) is 1.30. The second-order valence-electron chi connectivity index (χ2n) is 5.26. The summed E-state index contributed by atoms with van der Waals surface area (Å²) in [7, 11) is 0. The number of rotatable bonds is 4. The second kappa shape index (κ2) is 6.56. The van der Waals surface area contributed by atoms with Crippen molar-refractivity contribution in [2.75, 3.05) is 17.7 Å². The summed E-state index contributed by atoms with van der Waals surface area (Å²) in [6, 6.07) is 7.28. The molecule has 0 aliphatic heterocycles. The van der Waals surface area contributed by atoms with Gasteiger partial charge in [-0.15, -0.1) is 10.2 Å². The number of nitrogen functional groups attached to an aromatic ring is 1. The third-order valence-corrected chi connectivity index (χ3v) is 3.48. The number of carbonyl (C=O) groups is 2. The van der Waals surface area contributed by atoms with Gasteiger partial charge in [-0.05, 0) is 26.0 Å². The molecule has 3 aromatic rings. The Morgan fingerprint density at radius 2 is 1.92 bits per heavy atom. The summed E-state index contributed by atoms with van der Waals surface area (Å²) in [6.45, 7) is 3.84. The van der Waals surface area contributed by atoms with E-state index in [1.807, 2.05) is 19.1 Å². The molecule has 1 amide bonds. The average Bonchev–Trinajstić information content (AvgIpc) is 3.02. The first kappa shape index (κ1) is 16.4. The number of ether oxygens (including phenoxy) is 1. The standard InChI is InChI=1S/C16H16N6O3/c1-3-25-16(24)12-14-21-20-11(13(17)22(14)8-18-12)15(23)19-10-6-4-9(2)5-7-10/h4-8H,3,17H2,1-2H3,(H,19,23). The predicted molar refractivity (Wildman–Crippen MR) is 90.3 cm³/mol. The van der Waals surface area contributed by atoms with Crippen LogP contribution in [0.2, 0.25) is 0 Å². The topological polar surface area (TPSA) is 124 Å². The van der Waals surface area contributed by atoms with Crippen molar-refractivity contribution in [1.29, 1.82) is 0 Å². The number of carbonyl (C=O) groups excluding carboxylic acids is 2. The molecular weight excluding hydrogens is 324 g/mol. The number of nitrogens with one attached hydrogen (secondary N) is 1. The van der Waals surface area contributed by atoms with Crippen LogP contribution in [0, 0.1) is 6.92 Å². The number of amides is 1. The monoisotopic (exact) mass is 340 g/mol. The normalized spacial score (nSPS) is 10.6. The minimum absolute atomic E-state index is 0.00783. The first-order valence-electron chi connectivity index (χ1n) is 7.55. The lowest BCUT2D eigenvalue weighted by molar-refractivity contribution is 0.0522. The van der Waals surface area contributed by atoms with Crippen molar-refractivity contribution in [3.63, 3.8) is 0 Å². The number of hydrogen-bond donors (Lipinski definition) is 2. The van der Waals surface area contributed by atoms with Crippen LogP contribution >= 0.6 is 0 Å². The summed E-state index contributed by atoms with van der Waals surface area (Å²) < 4.78 is 6.22. The minimum Gasteiger partial charge on any atom is -0.461 e. The van der Waals surface area contributed by atoms with Crippen LogP contribution < -0.4 is 11.1 Å². The number of hydrogen-bond acceptors (Lipinski definition) is 7. The Morgan fingerprint density at radius 1 is 1.20 bits per heavy atom. The molecule has 0 unspecified atom stereocenters. The lowest BCUT2D eigenvalue weighted by Crippen LogP contribution is -2.19. The number of benzene rings is 1. The molecule has 3 N–H and O–H groups in total. The Bertz CT molecular complexity index is 948. The highest BCUT2D eigenvalue weighted by Gasteiger charge is 2.21. The Labute approximate surface area is 142 Å². The zero-order valence-corrected chi connectivity index (χ0v) is 13.7. The van der Waals surface area contributed by atoms with Crippen LogP contribution in [0.3, 0.4) is 0 Å². The van der Waals surface area contributed by atoms with Crippen molar-refractivity contribution in [3.05, 3.63) is 47.5 Å². The highest BCUT2D eigenvalue weighted by atomic mass is 16.5. The molecule has 1 aromatic carbocycles. The van der Waals surface area contributed by atoms with Gasteiger partial charge in [0.05, 0.1) is 6.61 Å². The van der Waals surface area contributed by atoms with Gasteiger partial charge in [-0.25, -0.2) is 9.78 Å². The summed E-state index contributed by atoms with van der Waals surface area (Å²) in [5, 5.41) is 10.4. The van der Waals surface area contributed by atoms with Gasteiger partial charge >= 0.3 is 5.97 Å². The number of fused-ring (bicyclic) bond motifs is 1. The van der Waals surface area contributed by atoms with Crippen LogP contribution in [0.5, 0.6) is 0 Å². The first-order chi connectivity index (χ1) is 12.0. The Balaban J connectivity index is 1.92. The highest BCUT2D eigenvalue weighted by molar-refractivity contribution is 6.06. The van der Waals surface area contributed by atoms with E-state index in [2.05, 4.69) is 20.5 Å². The van der Waals surface area contributed by atoms with Gasteiger partial charge in [-0.3, -0.25) is 9.20 Å². The Kier molecular flexibility index (Phi) is 4.29. The van der Waals surface area contributed by atoms with Crippen molar-refractivity contribution in [2.45, 2.75) is 13.8 Å². The molecule has 0 saturated carbocycles. The quantitative estimate of drug-likeness (QED) is 0.688. The van der Waals surface area contributed by atoms with Crippen LogP contribution in [0.1, 0.15) is 33.5 Å². The number of imidazole rings is 1. The van der Waals surface area contributed by atoms with Crippen molar-refractivity contribution < 1.29 is 14.3 Å². The van der Waals surface area contributed by atoms with Gasteiger partial charge in [0.25, 0.3) is 5.91 Å². The maximum atomic E-state index is 12.4. The summed E-state index contributed by atoms with van der Waals surface area (Å²) in [5.41, 5.74) is 7.72. The van der Waals surface area contributed by atoms with E-state index in [1.165, 1.54) is 10.7 Å². The SMILES string of the molecule is CCOC(=O)c1ncn2c(N)c(C(=O)Nc3ccc(C)cc3)nnc12. The lowest BCUT2D eigenvalue weighted by atomic mass is 10.2. The van der Waals surface area contributed by atoms with Gasteiger partial charge in [0.1, 0.15) is 12.1 Å². The first-order valence-corrected chi connectivity index (χ1v) is 7.55. The van der Waals surface area contributed by atoms with Crippen LogP contribution in [-0.4, -0.2) is 38.1 Å². The third kappa shape index (κ3) is 3.11. The molecule has 0 aliphatic carbocycles. The smallest absolute Gasteiger partial charge is 0.360 e. The van der Waals surface area contributed by atoms with Crippen molar-refractivity contribution in [3.8, 4) is 0 Å². The van der Waals surface area contributed by atoms with Crippen molar-refractivity contribution in [2.24, 2.45) is 0 Å². The fourth-order valence-electron chi connectivity index (χ4n) is 2.21. The van der Waals surface area contributed by atoms with Gasteiger partial charge in [-0.1, -0.05) is 17.7 Å². The van der Waals surface area contributed by atoms with Gasteiger partial charge in [0.2, 0.25) is 0 Å². The fourth-order valence-corrected chi connectivity index (χ4v) is 2.21. The molecule has 0 atom stereocenters. The van der Waals surface area contributed by atoms with E-state index in [-0.39, 0.29) is 29.5 Å². The molecule has 9 heteroatoms. The summed E-state index contributed by atoms with van der Waals surface area (Å²) in [4.78, 5) is 28.2. The van der Waals surface area contributed by atoms with Crippen LogP contribution in [-0.2, 0) is 4.74 Å². The number of anilines is 2. The zero-order valence-electron chi connectivity index (χ0n) is 13.7. The molecule has 25 heavy (non-hydrogen) atoms. The molecule has 0 bridgehead atoms. The van der Waals surface area contributed by atoms with E-state index >= 15 is 0 Å². The summed E-state index contributed by atoms with van der Waals surface area (Å²) >= 11 is 0. The molecule has 9 nitrogen and oxygen atoms in total. The zero-order chi connectivity index (χ0) is 18.0. The van der Waals surface area contributed by atoms with Crippen LogP contribution in [0.4, 0.5) is 11.5 Å². The highest BCUT2D eigenvalue weighted by Crippen LogP contribution is 2.16. The molecule has 0 fully saturated rings. The van der Waals surface area contributed by atoms with Crippen LogP contribution in [0.25, 0.3) is 5.65 Å². The van der Waals surface area contributed by atoms with E-state index in [4.69, 9.17) is 10.5 Å². The maximum Gasteiger partial charge on any atom is 0.360 e. The third-order valence-electron chi connectivity index (χ3n) is 3.48. The predicted octanol–water partition coefficient (Wildman–Crippen LogP) is 1.44. The molecule has 0 radical (unpaired) electrons. The maximum absolute atomic E-state index is 12.4. The van der Waals surface area contributed by atoms with Gasteiger partial charge in [-0.2, -0.15) is 0 Å². The van der Waals surface area contributed by atoms with Gasteiger partial charge in [0.15, 0.2) is 17.0 Å². The number of esters is 1. The number of aryl methyl sites for hydroxylation is 1. The second-order valence-corrected chi connectivity index (χ2v) is 5.26. The molecule has 0 aliphatic rings. The fraction of sp³-hybridized carbons (Fsp3) is 0.188. The number of nitrogens with zero attached hydrogens (tertiary/aromatic N) is 4. The number of aromatic nitrogens is 4. The van der Waals surface area contributed by atoms with Crippen LogP contribution in [0.15, 0.2) is 30.6 Å². The molecular formula is C16H16N6O3. The van der Waals surface area contributed by atoms with Crippen molar-refractivity contribution >= 4 is 29.0 Å². The van der Waals surface area contributed by atoms with E-state index in [1.54, 1.807) is 19.1 Å². The molecule has 128 valence electrons. The molecule has 2 heterocycles. The minimum atomic E-state index is -0.629. The summed E-state index contributed by atoms with van der Waals surface area (Å²) in [5.74, 6) is -1.12. The molecule has 0 saturated heterocycles. The van der Waals surface area contributed by atoms with E-state index < -0.39 is 11.9 Å². The molecule has 2 aromatic heterocycles. The van der Waals surface area contributed by atoms with Crippen molar-refractivity contribution in [1.82, 2.24) is 19.6 Å². The Hall–Kier alpha value is -3.49. The van der Waals surface area contributed by atoms with E-state index in [0.29, 0.717) is 5.69 Å². The number of nitrogens with two attached hydrogens (primary N) is 1. The molecule has 3 rings (SSSR count).